The maximum atomic E-state index is 12.0. The van der Waals surface area contributed by atoms with Gasteiger partial charge in [0, 0.05) is 5.69 Å². The van der Waals surface area contributed by atoms with Gasteiger partial charge < -0.3 is 15.4 Å². The highest BCUT2D eigenvalue weighted by Crippen LogP contribution is 2.25. The molecule has 2 N–H and O–H groups in total. The van der Waals surface area contributed by atoms with E-state index in [4.69, 9.17) is 4.74 Å². The Morgan fingerprint density at radius 2 is 1.75 bits per heavy atom. The monoisotopic (exact) mass is 268 g/mol. The molecule has 0 aliphatic carbocycles. The van der Waals surface area contributed by atoms with E-state index in [0.717, 1.165) is 16.9 Å². The number of cyclic esters (lactones) is 1. The minimum absolute atomic E-state index is 0.313. The van der Waals surface area contributed by atoms with Crippen molar-refractivity contribution >= 4 is 17.3 Å². The first-order valence-corrected chi connectivity index (χ1v) is 6.53. The van der Waals surface area contributed by atoms with Crippen molar-refractivity contribution in [1.82, 2.24) is 0 Å². The van der Waals surface area contributed by atoms with Crippen LogP contribution in [-0.2, 0) is 4.74 Å². The topological polar surface area (TPSA) is 50.4 Å². The van der Waals surface area contributed by atoms with Gasteiger partial charge in [-0.2, -0.15) is 0 Å². The summed E-state index contributed by atoms with van der Waals surface area (Å²) in [5.41, 5.74) is 4.48. The van der Waals surface area contributed by atoms with Crippen LogP contribution in [0.2, 0.25) is 0 Å². The number of benzene rings is 2. The molecule has 0 fully saturated rings. The Kier molecular flexibility index (Phi) is 3.06. The Hall–Kier alpha value is -2.49. The number of esters is 1. The van der Waals surface area contributed by atoms with Crippen LogP contribution in [0.5, 0.6) is 0 Å². The zero-order valence-electron chi connectivity index (χ0n) is 11.4. The van der Waals surface area contributed by atoms with Crippen molar-refractivity contribution in [3.05, 3.63) is 59.2 Å². The number of hydrogen-bond acceptors (Lipinski definition) is 4. The van der Waals surface area contributed by atoms with E-state index in [1.54, 1.807) is 0 Å². The summed E-state index contributed by atoms with van der Waals surface area (Å²) in [7, 11) is 0. The molecule has 1 heterocycles. The van der Waals surface area contributed by atoms with Crippen LogP contribution in [0, 0.1) is 13.8 Å². The number of nitrogens with one attached hydrogen (secondary N) is 2. The molecule has 1 aliphatic rings. The third kappa shape index (κ3) is 2.45. The number of carbonyl (C=O) groups is 1. The maximum Gasteiger partial charge on any atom is 0.343 e. The van der Waals surface area contributed by atoms with Gasteiger partial charge in [-0.3, -0.25) is 0 Å². The number of rotatable bonds is 2. The van der Waals surface area contributed by atoms with Crippen LogP contribution >= 0.6 is 0 Å². The zero-order valence-corrected chi connectivity index (χ0v) is 11.4. The summed E-state index contributed by atoms with van der Waals surface area (Å²) in [6.45, 7) is 3.98. The maximum absolute atomic E-state index is 12.0. The fourth-order valence-electron chi connectivity index (χ4n) is 2.16. The summed E-state index contributed by atoms with van der Waals surface area (Å²) in [5, 5.41) is 6.30. The summed E-state index contributed by atoms with van der Waals surface area (Å²) in [6.07, 6.45) is -0.555. The Bertz CT molecular complexity index is 650. The zero-order chi connectivity index (χ0) is 14.1. The van der Waals surface area contributed by atoms with Crippen LogP contribution in [-0.4, -0.2) is 12.3 Å². The molecule has 0 spiro atoms. The first-order valence-electron chi connectivity index (χ1n) is 6.53. The molecule has 1 atom stereocenters. The Morgan fingerprint density at radius 3 is 2.50 bits per heavy atom. The second-order valence-electron chi connectivity index (χ2n) is 4.99. The molecule has 0 radical (unpaired) electrons. The van der Waals surface area contributed by atoms with Gasteiger partial charge in [0.2, 0.25) is 0 Å². The lowest BCUT2D eigenvalue weighted by Crippen LogP contribution is -2.38. The van der Waals surface area contributed by atoms with Gasteiger partial charge in [-0.1, -0.05) is 29.3 Å². The molecule has 1 aliphatic heterocycles. The molecule has 0 unspecified atom stereocenters. The largest absolute Gasteiger partial charge is 0.419 e. The molecule has 4 nitrogen and oxygen atoms in total. The second kappa shape index (κ2) is 4.89. The van der Waals surface area contributed by atoms with E-state index in [1.807, 2.05) is 56.3 Å². The molecule has 0 bridgehead atoms. The fraction of sp³-hybridized carbons (Fsp3) is 0.188. The number of hydrogen-bond donors (Lipinski definition) is 2. The molecule has 102 valence electrons. The van der Waals surface area contributed by atoms with Gasteiger partial charge in [-0.25, -0.2) is 4.79 Å². The minimum atomic E-state index is -0.555. The Labute approximate surface area is 117 Å². The molecule has 20 heavy (non-hydrogen) atoms. The summed E-state index contributed by atoms with van der Waals surface area (Å²) in [4.78, 5) is 12.0. The summed E-state index contributed by atoms with van der Waals surface area (Å²) in [6, 6.07) is 13.6. The number of aryl methyl sites for hydroxylation is 2. The summed E-state index contributed by atoms with van der Waals surface area (Å²) >= 11 is 0. The van der Waals surface area contributed by atoms with Crippen molar-refractivity contribution in [2.75, 3.05) is 10.6 Å². The number of anilines is 2. The van der Waals surface area contributed by atoms with Gasteiger partial charge >= 0.3 is 5.97 Å². The average Bonchev–Trinajstić information content (AvgIpc) is 2.42. The van der Waals surface area contributed by atoms with Crippen molar-refractivity contribution in [3.63, 3.8) is 0 Å². The van der Waals surface area contributed by atoms with Gasteiger partial charge in [-0.05, 0) is 38.1 Å². The first-order chi connectivity index (χ1) is 9.61. The van der Waals surface area contributed by atoms with Gasteiger partial charge in [0.1, 0.15) is 0 Å². The normalized spacial score (nSPS) is 16.9. The average molecular weight is 268 g/mol. The highest BCUT2D eigenvalue weighted by atomic mass is 16.6. The number of carbonyl (C=O) groups excluding carboxylic acids is 1. The molecule has 4 heteroatoms. The third-order valence-electron chi connectivity index (χ3n) is 3.26. The van der Waals surface area contributed by atoms with E-state index in [2.05, 4.69) is 10.6 Å². The fourth-order valence-corrected chi connectivity index (χ4v) is 2.16. The third-order valence-corrected chi connectivity index (χ3v) is 3.26. The molecule has 0 saturated carbocycles. The van der Waals surface area contributed by atoms with Crippen molar-refractivity contribution < 1.29 is 9.53 Å². The molecule has 0 amide bonds. The number of fused-ring (bicyclic) bond motifs is 1. The van der Waals surface area contributed by atoms with Crippen LogP contribution in [0.15, 0.2) is 42.5 Å². The minimum Gasteiger partial charge on any atom is -0.419 e. The summed E-state index contributed by atoms with van der Waals surface area (Å²) in [5.74, 6) is -0.313. The lowest BCUT2D eigenvalue weighted by molar-refractivity contribution is 0.0385. The van der Waals surface area contributed by atoms with Crippen molar-refractivity contribution in [1.29, 1.82) is 0 Å². The standard InChI is InChI=1S/C16H16N2O2/c1-10-3-6-12(7-4-10)17-16-18-14-8-5-11(2)9-13(14)15(19)20-16/h3-9,16-18H,1-2H3/t16-/m1/s1. The first kappa shape index (κ1) is 12.5. The lowest BCUT2D eigenvalue weighted by atomic mass is 10.1. The molecule has 0 aromatic heterocycles. The van der Waals surface area contributed by atoms with Crippen LogP contribution < -0.4 is 10.6 Å². The van der Waals surface area contributed by atoms with Crippen LogP contribution in [0.25, 0.3) is 0 Å². The van der Waals surface area contributed by atoms with Gasteiger partial charge in [0.15, 0.2) is 0 Å². The lowest BCUT2D eigenvalue weighted by Gasteiger charge is -2.28. The van der Waals surface area contributed by atoms with Crippen molar-refractivity contribution in [2.45, 2.75) is 20.2 Å². The van der Waals surface area contributed by atoms with E-state index in [9.17, 15) is 4.79 Å². The second-order valence-corrected chi connectivity index (χ2v) is 4.99. The predicted octanol–water partition coefficient (Wildman–Crippen LogP) is 3.28. The van der Waals surface area contributed by atoms with Gasteiger partial charge in [0.25, 0.3) is 6.35 Å². The number of ether oxygens (including phenoxy) is 1. The molecular weight excluding hydrogens is 252 g/mol. The van der Waals surface area contributed by atoms with E-state index in [-0.39, 0.29) is 5.97 Å². The van der Waals surface area contributed by atoms with Crippen molar-refractivity contribution in [2.24, 2.45) is 0 Å². The van der Waals surface area contributed by atoms with Crippen LogP contribution in [0.3, 0.4) is 0 Å². The van der Waals surface area contributed by atoms with Crippen LogP contribution in [0.4, 0.5) is 11.4 Å². The van der Waals surface area contributed by atoms with Crippen LogP contribution in [0.1, 0.15) is 21.5 Å². The molecule has 2 aromatic carbocycles. The summed E-state index contributed by atoms with van der Waals surface area (Å²) < 4.78 is 5.34. The van der Waals surface area contributed by atoms with E-state index in [0.29, 0.717) is 5.56 Å². The van der Waals surface area contributed by atoms with Crippen molar-refractivity contribution in [3.8, 4) is 0 Å². The van der Waals surface area contributed by atoms with E-state index in [1.165, 1.54) is 5.56 Å². The predicted molar refractivity (Wildman–Crippen MR) is 78.8 cm³/mol. The molecule has 2 aromatic rings. The molecule has 3 rings (SSSR count). The quantitative estimate of drug-likeness (QED) is 0.821. The van der Waals surface area contributed by atoms with Gasteiger partial charge in [0.05, 0.1) is 11.3 Å². The van der Waals surface area contributed by atoms with E-state index >= 15 is 0 Å². The Morgan fingerprint density at radius 1 is 1.05 bits per heavy atom. The van der Waals surface area contributed by atoms with Gasteiger partial charge in [-0.15, -0.1) is 0 Å². The smallest absolute Gasteiger partial charge is 0.343 e. The van der Waals surface area contributed by atoms with E-state index < -0.39 is 6.35 Å². The highest BCUT2D eigenvalue weighted by Gasteiger charge is 2.25. The highest BCUT2D eigenvalue weighted by molar-refractivity contribution is 5.97. The molecular formula is C16H16N2O2. The molecule has 0 saturated heterocycles. The SMILES string of the molecule is Cc1ccc(N[C@@H]2Nc3ccc(C)cc3C(=O)O2)cc1. The Balaban J connectivity index is 1.79.